The van der Waals surface area contributed by atoms with Gasteiger partial charge in [0.15, 0.2) is 0 Å². The molecule has 0 aliphatic carbocycles. The van der Waals surface area contributed by atoms with Crippen LogP contribution in [0.15, 0.2) is 0 Å². The first kappa shape index (κ1) is 10.4. The van der Waals surface area contributed by atoms with Crippen molar-refractivity contribution in [2.24, 2.45) is 0 Å². The van der Waals surface area contributed by atoms with Crippen molar-refractivity contribution in [3.05, 3.63) is 0 Å². The van der Waals surface area contributed by atoms with E-state index >= 15 is 0 Å². The minimum atomic E-state index is -4.69. The fourth-order valence-electron chi connectivity index (χ4n) is 0. The summed E-state index contributed by atoms with van der Waals surface area (Å²) in [6.45, 7) is 0. The van der Waals surface area contributed by atoms with Gasteiger partial charge in [0.05, 0.1) is 26.8 Å². The Hall–Kier alpha value is 0.380. The predicted molar refractivity (Wildman–Crippen MR) is 10.3 cm³/mol. The van der Waals surface area contributed by atoms with Crippen molar-refractivity contribution >= 4 is 11.9 Å². The van der Waals surface area contributed by atoms with E-state index in [9.17, 15) is 0 Å². The maximum Gasteiger partial charge on any atom is 0.0777 e. The molecule has 0 bridgehead atoms. The zero-order valence-electron chi connectivity index (χ0n) is 2.88. The Morgan fingerprint density at radius 3 is 1.14 bits per heavy atom. The van der Waals surface area contributed by atoms with E-state index < -0.39 is 10.2 Å². The van der Waals surface area contributed by atoms with Crippen molar-refractivity contribution in [1.82, 2.24) is 0 Å². The first-order valence-corrected chi connectivity index (χ1v) is 2.40. The Kier molecular flexibility index (Phi) is 6.73. The quantitative estimate of drug-likeness (QED) is 0.368. The van der Waals surface area contributed by atoms with Gasteiger partial charge in [-0.25, -0.2) is 0 Å². The van der Waals surface area contributed by atoms with Gasteiger partial charge in [0, 0.05) is 0 Å². The third-order valence-electron chi connectivity index (χ3n) is 0. The van der Waals surface area contributed by atoms with Gasteiger partial charge in [0.25, 0.3) is 0 Å². The number of halogens is 2. The summed E-state index contributed by atoms with van der Waals surface area (Å²) in [4.78, 5) is 0. The molecule has 7 heavy (non-hydrogen) atoms. The van der Waals surface area contributed by atoms with E-state index in [1.807, 2.05) is 0 Å². The van der Waals surface area contributed by atoms with Gasteiger partial charge in [-0.15, -0.1) is 0 Å². The molecule has 46 valence electrons. The van der Waals surface area contributed by atoms with E-state index in [0.29, 0.717) is 0 Å². The second-order valence-electron chi connectivity index (χ2n) is 0.396. The van der Waals surface area contributed by atoms with E-state index in [4.69, 9.17) is 23.3 Å². The summed E-state index contributed by atoms with van der Waals surface area (Å²) in [7, 11) is -4.69. The predicted octanol–water partition coefficient (Wildman–Crippen LogP) is -3.99. The Bertz CT molecular complexity index is 21.6. The third-order valence-corrected chi connectivity index (χ3v) is 0. The summed E-state index contributed by atoms with van der Waals surface area (Å²) >= 11 is 3.64. The van der Waals surface area contributed by atoms with Gasteiger partial charge in [-0.05, 0) is 0 Å². The van der Waals surface area contributed by atoms with Gasteiger partial charge >= 0.3 is 0 Å². The van der Waals surface area contributed by atoms with Crippen molar-refractivity contribution in [2.45, 2.75) is 0 Å². The standard InChI is InChI=1S/ClHO4.ClHO/c2-1(3,4)5;1-2/h(H,2,3,4,5);2H. The Morgan fingerprint density at radius 1 is 1.14 bits per heavy atom. The number of rotatable bonds is 0. The first-order chi connectivity index (χ1) is 3.00. The molecule has 0 spiro atoms. The van der Waals surface area contributed by atoms with Crippen molar-refractivity contribution in [1.29, 1.82) is 0 Å². The minimum absolute atomic E-state index is 3.64. The highest BCUT2D eigenvalue weighted by molar-refractivity contribution is 6.04. The van der Waals surface area contributed by atoms with Gasteiger partial charge in [-0.1, -0.05) is 0 Å². The van der Waals surface area contributed by atoms with E-state index in [1.165, 1.54) is 0 Å². The average Bonchev–Trinajstić information content (AvgIpc) is 1.36. The molecule has 0 aliphatic heterocycles. The summed E-state index contributed by atoms with van der Waals surface area (Å²) in [5, 5.41) is 0. The monoisotopic (exact) mass is 152 g/mol. The zero-order chi connectivity index (χ0) is 6.50. The topological polar surface area (TPSA) is 110 Å². The normalized spacial score (nSPS) is 9.43. The fraction of sp³-hybridized carbons (Fsp3) is 0. The zero-order valence-corrected chi connectivity index (χ0v) is 4.39. The highest BCUT2D eigenvalue weighted by Gasteiger charge is 1.98. The summed E-state index contributed by atoms with van der Waals surface area (Å²) in [6.07, 6.45) is 0. The molecule has 0 aliphatic rings. The summed E-state index contributed by atoms with van der Waals surface area (Å²) in [5.41, 5.74) is 0. The molecule has 5 nitrogen and oxygen atoms in total. The molecule has 0 aromatic carbocycles. The van der Waals surface area contributed by atoms with Crippen LogP contribution in [0.1, 0.15) is 0 Å². The van der Waals surface area contributed by atoms with Crippen LogP contribution in [0, 0.1) is 10.2 Å². The van der Waals surface area contributed by atoms with Crippen LogP contribution >= 0.6 is 11.9 Å². The number of hydrogen-bond donors (Lipinski definition) is 2. The van der Waals surface area contributed by atoms with Gasteiger partial charge in [-0.3, -0.25) is 4.66 Å². The van der Waals surface area contributed by atoms with Gasteiger partial charge in [0.2, 0.25) is 0 Å². The van der Waals surface area contributed by atoms with E-state index in [1.54, 1.807) is 0 Å². The molecule has 0 saturated heterocycles. The molecule has 0 heterocycles. The van der Waals surface area contributed by atoms with Crippen LogP contribution in [0.25, 0.3) is 0 Å². The van der Waals surface area contributed by atoms with Crippen LogP contribution in [0.2, 0.25) is 0 Å². The van der Waals surface area contributed by atoms with Crippen LogP contribution < -0.4 is 14.0 Å². The molecule has 0 radical (unpaired) electrons. The van der Waals surface area contributed by atoms with Crippen LogP contribution in [0.4, 0.5) is 0 Å². The maximum atomic E-state index is 8.60. The first-order valence-electron chi connectivity index (χ1n) is 0.801. The molecule has 0 rings (SSSR count). The molecular formula is H2Cl2O5. The Labute approximate surface area is 46.3 Å². The largest absolute Gasteiger partial charge is 0.295 e. The van der Waals surface area contributed by atoms with Gasteiger partial charge in [0.1, 0.15) is 0 Å². The summed E-state index contributed by atoms with van der Waals surface area (Å²) in [6, 6.07) is 0. The SMILES string of the molecule is OCl.[O-][Cl+3]([O-])([O-])O. The molecule has 0 atom stereocenters. The van der Waals surface area contributed by atoms with Crippen LogP contribution in [-0.2, 0) is 0 Å². The van der Waals surface area contributed by atoms with Crippen molar-refractivity contribution in [3.8, 4) is 0 Å². The number of hydrogen-bond acceptors (Lipinski definition) is 5. The lowest BCUT2D eigenvalue weighted by molar-refractivity contribution is -1.92. The second-order valence-corrected chi connectivity index (χ2v) is 1.19. The van der Waals surface area contributed by atoms with Gasteiger partial charge in [-0.2, -0.15) is 14.0 Å². The molecule has 0 unspecified atom stereocenters. The lowest BCUT2D eigenvalue weighted by Gasteiger charge is -2.03. The minimum Gasteiger partial charge on any atom is -0.295 e. The third kappa shape index (κ3) is 848. The molecule has 0 aromatic heterocycles. The van der Waals surface area contributed by atoms with Crippen LogP contribution in [0.3, 0.4) is 0 Å². The molecule has 7 heteroatoms. The van der Waals surface area contributed by atoms with Crippen molar-refractivity contribution < 1.29 is 33.5 Å². The van der Waals surface area contributed by atoms with E-state index in [-0.39, 0.29) is 0 Å². The van der Waals surface area contributed by atoms with Crippen molar-refractivity contribution in [2.75, 3.05) is 0 Å². The lowest BCUT2D eigenvalue weighted by atomic mass is 15.8. The highest BCUT2D eigenvalue weighted by Crippen LogP contribution is 1.60. The fourth-order valence-corrected chi connectivity index (χ4v) is 0. The van der Waals surface area contributed by atoms with Crippen molar-refractivity contribution in [3.63, 3.8) is 0 Å². The van der Waals surface area contributed by atoms with E-state index in [0.717, 1.165) is 0 Å². The lowest BCUT2D eigenvalue weighted by Crippen LogP contribution is -2.58. The Morgan fingerprint density at radius 2 is 1.14 bits per heavy atom. The molecule has 0 aromatic rings. The highest BCUT2D eigenvalue weighted by atomic mass is 35.7. The smallest absolute Gasteiger partial charge is 0.0777 e. The summed E-state index contributed by atoms with van der Waals surface area (Å²) in [5.74, 6) is 0. The Balaban J connectivity index is 0. The molecule has 0 fully saturated rings. The summed E-state index contributed by atoms with van der Waals surface area (Å²) < 4.78 is 39.2. The van der Waals surface area contributed by atoms with Crippen LogP contribution in [0.5, 0.6) is 0 Å². The van der Waals surface area contributed by atoms with E-state index in [2.05, 4.69) is 11.9 Å². The molecular weight excluding hydrogens is 151 g/mol. The maximum absolute atomic E-state index is 8.60. The molecule has 0 amide bonds. The average molecular weight is 153 g/mol. The second kappa shape index (κ2) is 4.54. The van der Waals surface area contributed by atoms with Crippen LogP contribution in [-0.4, -0.2) is 9.32 Å². The molecule has 2 N–H and O–H groups in total. The van der Waals surface area contributed by atoms with Gasteiger partial charge < -0.3 is 0 Å². The molecule has 0 saturated carbocycles.